The van der Waals surface area contributed by atoms with Crippen molar-refractivity contribution in [2.45, 2.75) is 40.2 Å². The Morgan fingerprint density at radius 2 is 1.91 bits per heavy atom. The van der Waals surface area contributed by atoms with E-state index in [1.54, 1.807) is 0 Å². The van der Waals surface area contributed by atoms with E-state index in [0.717, 1.165) is 6.54 Å². The van der Waals surface area contributed by atoms with E-state index < -0.39 is 0 Å². The molecule has 0 spiro atoms. The van der Waals surface area contributed by atoms with Gasteiger partial charge in [-0.15, -0.1) is 0 Å². The van der Waals surface area contributed by atoms with Crippen LogP contribution >= 0.6 is 0 Å². The van der Waals surface area contributed by atoms with Gasteiger partial charge < -0.3 is 0 Å². The summed E-state index contributed by atoms with van der Waals surface area (Å²) in [6.45, 7) is 11.2. The van der Waals surface area contributed by atoms with Gasteiger partial charge in [0, 0.05) is 6.54 Å². The maximum absolute atomic E-state index is 4.23. The highest BCUT2D eigenvalue weighted by Gasteiger charge is 2.19. The highest BCUT2D eigenvalue weighted by molar-refractivity contribution is 5.42. The predicted octanol–water partition coefficient (Wildman–Crippen LogP) is 2.61. The van der Waals surface area contributed by atoms with Gasteiger partial charge in [0.15, 0.2) is 0 Å². The quantitative estimate of drug-likeness (QED) is 0.558. The van der Waals surface area contributed by atoms with Crippen LogP contribution in [-0.2, 0) is 0 Å². The Morgan fingerprint density at radius 3 is 2.27 bits per heavy atom. The van der Waals surface area contributed by atoms with Crippen LogP contribution in [0.25, 0.3) is 0 Å². The predicted molar refractivity (Wildman–Crippen MR) is 49.3 cm³/mol. The number of rotatable bonds is 3. The topological polar surface area (TPSA) is 24.7 Å². The Morgan fingerprint density at radius 1 is 1.36 bits per heavy atom. The second kappa shape index (κ2) is 4.30. The van der Waals surface area contributed by atoms with E-state index in [2.05, 4.69) is 43.7 Å². The van der Waals surface area contributed by atoms with Gasteiger partial charge in [0.05, 0.1) is 11.5 Å². The fourth-order valence-corrected chi connectivity index (χ4v) is 0.364. The molecule has 0 rings (SSSR count). The highest BCUT2D eigenvalue weighted by Crippen LogP contribution is 2.18. The van der Waals surface area contributed by atoms with Gasteiger partial charge in [0.25, 0.3) is 0 Å². The summed E-state index contributed by atoms with van der Waals surface area (Å²) in [5.74, 6) is 0.530. The van der Waals surface area contributed by atoms with Gasteiger partial charge in [0.2, 0.25) is 0 Å². The lowest BCUT2D eigenvalue weighted by Gasteiger charge is -2.21. The molecule has 0 saturated heterocycles. The molecule has 0 N–H and O–H groups in total. The molecule has 0 aliphatic heterocycles. The van der Waals surface area contributed by atoms with Crippen molar-refractivity contribution in [2.24, 2.45) is 15.9 Å². The molecule has 0 heterocycles. The smallest absolute Gasteiger partial charge is 0.0898 e. The Hall–Kier alpha value is -0.620. The Labute approximate surface area is 69.4 Å². The van der Waals surface area contributed by atoms with Gasteiger partial charge in [-0.25, -0.2) is 9.98 Å². The maximum atomic E-state index is 4.23. The van der Waals surface area contributed by atoms with E-state index in [1.807, 2.05) is 6.92 Å². The Bertz CT molecular complexity index is 162. The molecular weight excluding hydrogens is 136 g/mol. The lowest BCUT2D eigenvalue weighted by molar-refractivity contribution is 0.378. The zero-order valence-electron chi connectivity index (χ0n) is 8.18. The van der Waals surface area contributed by atoms with Crippen LogP contribution in [0.15, 0.2) is 9.98 Å². The molecule has 11 heavy (non-hydrogen) atoms. The zero-order valence-corrected chi connectivity index (χ0v) is 8.18. The molecule has 0 saturated carbocycles. The van der Waals surface area contributed by atoms with Gasteiger partial charge in [-0.2, -0.15) is 0 Å². The monoisotopic (exact) mass is 154 g/mol. The van der Waals surface area contributed by atoms with Crippen molar-refractivity contribution in [3.05, 3.63) is 0 Å². The molecule has 0 fully saturated rings. The second-order valence-electron chi connectivity index (χ2n) is 3.49. The summed E-state index contributed by atoms with van der Waals surface area (Å²) in [7, 11) is 0. The van der Waals surface area contributed by atoms with E-state index in [0.29, 0.717) is 5.92 Å². The van der Waals surface area contributed by atoms with Crippen molar-refractivity contribution in [1.29, 1.82) is 0 Å². The van der Waals surface area contributed by atoms with Crippen molar-refractivity contribution >= 4 is 6.01 Å². The van der Waals surface area contributed by atoms with Crippen molar-refractivity contribution in [3.63, 3.8) is 0 Å². The van der Waals surface area contributed by atoms with Gasteiger partial charge >= 0.3 is 0 Å². The summed E-state index contributed by atoms with van der Waals surface area (Å²) in [6, 6.07) is 2.71. The molecule has 0 aliphatic carbocycles. The van der Waals surface area contributed by atoms with Crippen LogP contribution in [0.3, 0.4) is 0 Å². The molecule has 0 aromatic heterocycles. The van der Waals surface area contributed by atoms with Crippen LogP contribution in [0.2, 0.25) is 0 Å². The number of hydrogen-bond acceptors (Lipinski definition) is 2. The van der Waals surface area contributed by atoms with E-state index in [-0.39, 0.29) is 5.54 Å². The molecule has 0 amide bonds. The Balaban J connectivity index is 4.22. The minimum Gasteiger partial charge on any atom is -0.226 e. The van der Waals surface area contributed by atoms with Gasteiger partial charge in [-0.05, 0) is 26.7 Å². The summed E-state index contributed by atoms with van der Waals surface area (Å²) in [5, 5.41) is 0. The molecule has 2 nitrogen and oxygen atoms in total. The van der Waals surface area contributed by atoms with E-state index in [9.17, 15) is 0 Å². The third kappa shape index (κ3) is 3.94. The van der Waals surface area contributed by atoms with E-state index >= 15 is 0 Å². The third-order valence-corrected chi connectivity index (χ3v) is 1.98. The van der Waals surface area contributed by atoms with E-state index in [4.69, 9.17) is 0 Å². The molecule has 0 unspecified atom stereocenters. The third-order valence-electron chi connectivity index (χ3n) is 1.98. The van der Waals surface area contributed by atoms with Crippen molar-refractivity contribution in [1.82, 2.24) is 0 Å². The SMILES string of the molecule is CCN=C=NC(C)(C)C(C)C. The first-order chi connectivity index (χ1) is 5.00. The average Bonchev–Trinajstić information content (AvgIpc) is 1.88. The minimum absolute atomic E-state index is 0.0291. The summed E-state index contributed by atoms with van der Waals surface area (Å²) < 4.78 is 0. The lowest BCUT2D eigenvalue weighted by Crippen LogP contribution is -2.23. The molecule has 0 atom stereocenters. The molecule has 0 bridgehead atoms. The van der Waals surface area contributed by atoms with Gasteiger partial charge in [-0.1, -0.05) is 13.8 Å². The van der Waals surface area contributed by atoms with Crippen LogP contribution < -0.4 is 0 Å². The molecule has 0 aromatic carbocycles. The lowest BCUT2D eigenvalue weighted by atomic mass is 9.92. The zero-order chi connectivity index (χ0) is 8.91. The summed E-state index contributed by atoms with van der Waals surface area (Å²) >= 11 is 0. The van der Waals surface area contributed by atoms with Crippen molar-refractivity contribution in [3.8, 4) is 0 Å². The minimum atomic E-state index is -0.0291. The average molecular weight is 154 g/mol. The largest absolute Gasteiger partial charge is 0.226 e. The fourth-order valence-electron chi connectivity index (χ4n) is 0.364. The van der Waals surface area contributed by atoms with Crippen molar-refractivity contribution < 1.29 is 0 Å². The first-order valence-electron chi connectivity index (χ1n) is 4.14. The summed E-state index contributed by atoms with van der Waals surface area (Å²) in [4.78, 5) is 8.15. The number of hydrogen-bond donors (Lipinski definition) is 0. The van der Waals surface area contributed by atoms with Crippen LogP contribution in [-0.4, -0.2) is 18.1 Å². The van der Waals surface area contributed by atoms with Crippen LogP contribution in [0.5, 0.6) is 0 Å². The van der Waals surface area contributed by atoms with E-state index in [1.165, 1.54) is 0 Å². The summed E-state index contributed by atoms with van der Waals surface area (Å²) in [5.41, 5.74) is -0.0291. The van der Waals surface area contributed by atoms with Crippen LogP contribution in [0.1, 0.15) is 34.6 Å². The molecule has 0 aliphatic rings. The number of aliphatic imine (C=N–C) groups is 2. The first kappa shape index (κ1) is 10.4. The number of nitrogens with zero attached hydrogens (tertiary/aromatic N) is 2. The maximum Gasteiger partial charge on any atom is 0.0898 e. The highest BCUT2D eigenvalue weighted by atomic mass is 14.9. The van der Waals surface area contributed by atoms with Crippen LogP contribution in [0.4, 0.5) is 0 Å². The standard InChI is InChI=1S/C9H18N2/c1-6-10-7-11-9(4,5)8(2)3/h8H,6H2,1-5H3. The molecule has 0 radical (unpaired) electrons. The molecule has 2 heteroatoms. The molecule has 64 valence electrons. The summed E-state index contributed by atoms with van der Waals surface area (Å²) in [6.07, 6.45) is 0. The van der Waals surface area contributed by atoms with Gasteiger partial charge in [0.1, 0.15) is 0 Å². The van der Waals surface area contributed by atoms with Gasteiger partial charge in [-0.3, -0.25) is 0 Å². The van der Waals surface area contributed by atoms with Crippen molar-refractivity contribution in [2.75, 3.05) is 6.54 Å². The molecular formula is C9H18N2. The second-order valence-corrected chi connectivity index (χ2v) is 3.49. The molecule has 0 aromatic rings. The van der Waals surface area contributed by atoms with Crippen LogP contribution in [0, 0.1) is 5.92 Å². The first-order valence-corrected chi connectivity index (χ1v) is 4.14. The Kier molecular flexibility index (Phi) is 4.06. The fraction of sp³-hybridized carbons (Fsp3) is 0.889. The normalized spacial score (nSPS) is 11.1.